The maximum Gasteiger partial charge on any atom is 0.309 e. The van der Waals surface area contributed by atoms with E-state index >= 15 is 0 Å². The highest BCUT2D eigenvalue weighted by molar-refractivity contribution is 5.86. The van der Waals surface area contributed by atoms with Gasteiger partial charge in [0.05, 0.1) is 18.4 Å². The van der Waals surface area contributed by atoms with Gasteiger partial charge in [0.25, 0.3) is 0 Å². The zero-order valence-electron chi connectivity index (χ0n) is 7.59. The van der Waals surface area contributed by atoms with Crippen molar-refractivity contribution in [2.24, 2.45) is 11.8 Å². The highest BCUT2D eigenvalue weighted by Crippen LogP contribution is 2.40. The van der Waals surface area contributed by atoms with Gasteiger partial charge in [-0.25, -0.2) is 0 Å². The molecule has 1 fully saturated rings. The molecule has 0 aromatic carbocycles. The normalized spacial score (nSPS) is 25.4. The highest BCUT2D eigenvalue weighted by atomic mass is 19.1. The molecule has 2 atom stereocenters. The molecule has 1 aliphatic carbocycles. The van der Waals surface area contributed by atoms with Gasteiger partial charge in [-0.1, -0.05) is 13.3 Å². The van der Waals surface area contributed by atoms with Gasteiger partial charge >= 0.3 is 12.0 Å². The third kappa shape index (κ3) is 2.79. The molecule has 0 bridgehead atoms. The van der Waals surface area contributed by atoms with Crippen LogP contribution in [-0.4, -0.2) is 18.6 Å². The molecule has 0 spiro atoms. The number of rotatable bonds is 5. The van der Waals surface area contributed by atoms with Crippen LogP contribution in [0.1, 0.15) is 26.2 Å². The van der Waals surface area contributed by atoms with E-state index in [1.165, 1.54) is 0 Å². The van der Waals surface area contributed by atoms with E-state index in [0.29, 0.717) is 13.0 Å². The predicted octanol–water partition coefficient (Wildman–Crippen LogP) is 1.46. The molecule has 0 heterocycles. The SMILES string of the molecule is CCCCOC(=O)C1CC1C(=O)F. The van der Waals surface area contributed by atoms with Gasteiger partial charge in [0, 0.05) is 0 Å². The lowest BCUT2D eigenvalue weighted by molar-refractivity contribution is -0.147. The van der Waals surface area contributed by atoms with Crippen LogP contribution in [0.25, 0.3) is 0 Å². The van der Waals surface area contributed by atoms with Gasteiger partial charge in [0.1, 0.15) is 0 Å². The number of esters is 1. The van der Waals surface area contributed by atoms with Gasteiger partial charge < -0.3 is 4.74 Å². The Balaban J connectivity index is 2.16. The van der Waals surface area contributed by atoms with E-state index in [9.17, 15) is 14.0 Å². The molecule has 1 rings (SSSR count). The summed E-state index contributed by atoms with van der Waals surface area (Å²) in [5.41, 5.74) is 0. The summed E-state index contributed by atoms with van der Waals surface area (Å²) in [4.78, 5) is 21.2. The Bertz CT molecular complexity index is 215. The second-order valence-electron chi connectivity index (χ2n) is 3.27. The lowest BCUT2D eigenvalue weighted by Gasteiger charge is -2.01. The zero-order valence-corrected chi connectivity index (χ0v) is 7.59. The molecule has 0 aliphatic heterocycles. The van der Waals surface area contributed by atoms with E-state index in [1.54, 1.807) is 0 Å². The molecule has 3 nitrogen and oxygen atoms in total. The minimum absolute atomic E-state index is 0.320. The molecule has 0 aromatic heterocycles. The number of hydrogen-bond donors (Lipinski definition) is 0. The van der Waals surface area contributed by atoms with Gasteiger partial charge in [-0.3, -0.25) is 9.59 Å². The largest absolute Gasteiger partial charge is 0.465 e. The second kappa shape index (κ2) is 4.35. The summed E-state index contributed by atoms with van der Waals surface area (Å²) in [6.07, 6.45) is 2.08. The minimum Gasteiger partial charge on any atom is -0.465 e. The third-order valence-electron chi connectivity index (χ3n) is 2.13. The summed E-state index contributed by atoms with van der Waals surface area (Å²) in [6.45, 7) is 2.36. The fraction of sp³-hybridized carbons (Fsp3) is 0.778. The summed E-state index contributed by atoms with van der Waals surface area (Å²) < 4.78 is 16.9. The lowest BCUT2D eigenvalue weighted by Crippen LogP contribution is -2.10. The van der Waals surface area contributed by atoms with Crippen LogP contribution in [0.2, 0.25) is 0 Å². The van der Waals surface area contributed by atoms with Crippen molar-refractivity contribution in [3.05, 3.63) is 0 Å². The number of carbonyl (C=O) groups excluding carboxylic acids is 2. The van der Waals surface area contributed by atoms with Crippen molar-refractivity contribution in [3.8, 4) is 0 Å². The molecular formula is C9H13FO3. The van der Waals surface area contributed by atoms with Gasteiger partial charge in [0.2, 0.25) is 0 Å². The third-order valence-corrected chi connectivity index (χ3v) is 2.13. The molecular weight excluding hydrogens is 175 g/mol. The van der Waals surface area contributed by atoms with E-state index in [-0.39, 0.29) is 0 Å². The summed E-state index contributed by atoms with van der Waals surface area (Å²) >= 11 is 0. The van der Waals surface area contributed by atoms with Gasteiger partial charge in [-0.05, 0) is 12.8 Å². The molecule has 74 valence electrons. The number of halogens is 1. The molecule has 1 saturated carbocycles. The van der Waals surface area contributed by atoms with Crippen LogP contribution in [0.5, 0.6) is 0 Å². The number of carbonyl (C=O) groups is 2. The van der Waals surface area contributed by atoms with Crippen LogP contribution in [0.15, 0.2) is 0 Å². The van der Waals surface area contributed by atoms with Crippen LogP contribution in [0.3, 0.4) is 0 Å². The van der Waals surface area contributed by atoms with Crippen molar-refractivity contribution in [1.82, 2.24) is 0 Å². The Morgan fingerprint density at radius 1 is 1.46 bits per heavy atom. The maximum absolute atomic E-state index is 12.0. The van der Waals surface area contributed by atoms with Crippen molar-refractivity contribution >= 4 is 12.0 Å². The summed E-state index contributed by atoms with van der Waals surface area (Å²) in [5, 5.41) is 0. The van der Waals surface area contributed by atoms with Crippen LogP contribution in [0.4, 0.5) is 4.39 Å². The summed E-state index contributed by atoms with van der Waals surface area (Å²) in [5.74, 6) is -1.65. The molecule has 4 heteroatoms. The average Bonchev–Trinajstić information content (AvgIpc) is 2.83. The maximum atomic E-state index is 12.0. The summed E-state index contributed by atoms with van der Waals surface area (Å²) in [7, 11) is 0. The molecule has 0 saturated heterocycles. The highest BCUT2D eigenvalue weighted by Gasteiger charge is 2.49. The van der Waals surface area contributed by atoms with Crippen molar-refractivity contribution in [2.75, 3.05) is 6.61 Å². The van der Waals surface area contributed by atoms with E-state index < -0.39 is 23.8 Å². The van der Waals surface area contributed by atoms with E-state index in [0.717, 1.165) is 12.8 Å². The Morgan fingerprint density at radius 2 is 2.15 bits per heavy atom. The second-order valence-corrected chi connectivity index (χ2v) is 3.27. The lowest BCUT2D eigenvalue weighted by atomic mass is 10.3. The fourth-order valence-corrected chi connectivity index (χ4v) is 1.13. The zero-order chi connectivity index (χ0) is 9.84. The monoisotopic (exact) mass is 188 g/mol. The average molecular weight is 188 g/mol. The number of hydrogen-bond acceptors (Lipinski definition) is 3. The predicted molar refractivity (Wildman–Crippen MR) is 43.6 cm³/mol. The van der Waals surface area contributed by atoms with Gasteiger partial charge in [-0.2, -0.15) is 4.39 Å². The molecule has 0 N–H and O–H groups in total. The molecule has 0 amide bonds. The molecule has 0 aromatic rings. The van der Waals surface area contributed by atoms with E-state index in [4.69, 9.17) is 4.74 Å². The van der Waals surface area contributed by atoms with Crippen molar-refractivity contribution in [1.29, 1.82) is 0 Å². The Kier molecular flexibility index (Phi) is 3.39. The van der Waals surface area contributed by atoms with E-state index in [2.05, 4.69) is 0 Å². The van der Waals surface area contributed by atoms with Crippen molar-refractivity contribution < 1.29 is 18.7 Å². The Morgan fingerprint density at radius 3 is 2.62 bits per heavy atom. The first-order valence-corrected chi connectivity index (χ1v) is 4.52. The van der Waals surface area contributed by atoms with Crippen LogP contribution in [0, 0.1) is 11.8 Å². The smallest absolute Gasteiger partial charge is 0.309 e. The minimum atomic E-state index is -1.39. The number of ether oxygens (including phenoxy) is 1. The molecule has 2 unspecified atom stereocenters. The van der Waals surface area contributed by atoms with Crippen LogP contribution < -0.4 is 0 Å². The standard InChI is InChI=1S/C9H13FO3/c1-2-3-4-13-9(12)7-5-6(7)8(10)11/h6-7H,2-5H2,1H3. The quantitative estimate of drug-likeness (QED) is 0.372. The van der Waals surface area contributed by atoms with E-state index in [1.807, 2.05) is 6.92 Å². The van der Waals surface area contributed by atoms with Gasteiger partial charge in [0.15, 0.2) is 0 Å². The Labute approximate surface area is 76.3 Å². The molecule has 0 radical (unpaired) electrons. The first kappa shape index (κ1) is 10.2. The molecule has 13 heavy (non-hydrogen) atoms. The molecule has 1 aliphatic rings. The Hall–Kier alpha value is -0.930. The van der Waals surface area contributed by atoms with Crippen molar-refractivity contribution in [3.63, 3.8) is 0 Å². The topological polar surface area (TPSA) is 43.4 Å². The summed E-state index contributed by atoms with van der Waals surface area (Å²) in [6, 6.07) is -1.39. The van der Waals surface area contributed by atoms with Gasteiger partial charge in [-0.15, -0.1) is 0 Å². The van der Waals surface area contributed by atoms with Crippen LogP contribution in [-0.2, 0) is 14.3 Å². The number of unbranched alkanes of at least 4 members (excludes halogenated alkanes) is 1. The first-order valence-electron chi connectivity index (χ1n) is 4.52. The first-order chi connectivity index (χ1) is 6.16. The van der Waals surface area contributed by atoms with Crippen LogP contribution >= 0.6 is 0 Å². The van der Waals surface area contributed by atoms with Crippen molar-refractivity contribution in [2.45, 2.75) is 26.2 Å². The fourth-order valence-electron chi connectivity index (χ4n) is 1.13.